The quantitative estimate of drug-likeness (QED) is 0.0479. The van der Waals surface area contributed by atoms with Gasteiger partial charge in [0.15, 0.2) is 0 Å². The Morgan fingerprint density at radius 1 is 0.825 bits per heavy atom. The second-order valence-corrected chi connectivity index (χ2v) is 15.2. The number of hydrogen-bond acceptors (Lipinski definition) is 13. The zero-order valence-electron chi connectivity index (χ0n) is 33.2. The summed E-state index contributed by atoms with van der Waals surface area (Å²) in [7, 11) is 0. The lowest BCUT2D eigenvalue weighted by Gasteiger charge is -2.24. The molecule has 2 aromatic carbocycles. The van der Waals surface area contributed by atoms with E-state index in [0.29, 0.717) is 63.2 Å². The number of thiazole rings is 1. The fourth-order valence-corrected chi connectivity index (χ4v) is 6.31. The third-order valence-electron chi connectivity index (χ3n) is 8.50. The van der Waals surface area contributed by atoms with Crippen LogP contribution < -0.4 is 32.3 Å². The summed E-state index contributed by atoms with van der Waals surface area (Å²) in [6, 6.07) is 16.9. The molecule has 2 aromatic heterocycles. The van der Waals surface area contributed by atoms with Crippen LogP contribution in [0.15, 0.2) is 72.2 Å². The van der Waals surface area contributed by atoms with E-state index in [0.717, 1.165) is 34.2 Å². The van der Waals surface area contributed by atoms with E-state index in [1.165, 1.54) is 11.3 Å². The first-order valence-corrected chi connectivity index (χ1v) is 20.2. The van der Waals surface area contributed by atoms with Crippen molar-refractivity contribution >= 4 is 40.8 Å². The van der Waals surface area contributed by atoms with Crippen LogP contribution in [0.2, 0.25) is 0 Å². The van der Waals surface area contributed by atoms with E-state index < -0.39 is 24.1 Å². The van der Waals surface area contributed by atoms with Gasteiger partial charge in [-0.05, 0) is 48.4 Å². The Bertz CT molecular complexity index is 1810. The lowest BCUT2D eigenvalue weighted by molar-refractivity contribution is -0.135. The number of nitrogens with zero attached hydrogens (tertiary/aromatic N) is 3. The highest BCUT2D eigenvalue weighted by Gasteiger charge is 2.28. The van der Waals surface area contributed by atoms with Crippen molar-refractivity contribution in [1.29, 1.82) is 0 Å². The highest BCUT2D eigenvalue weighted by Crippen LogP contribution is 2.24. The maximum absolute atomic E-state index is 12.9. The molecule has 2 heterocycles. The number of carbonyl (C=O) groups is 3. The molecule has 0 fully saturated rings. The molecule has 308 valence electrons. The molecule has 0 saturated carbocycles. The second-order valence-electron chi connectivity index (χ2n) is 14.4. The van der Waals surface area contributed by atoms with E-state index >= 15 is 0 Å². The van der Waals surface area contributed by atoms with Crippen molar-refractivity contribution in [3.63, 3.8) is 0 Å². The van der Waals surface area contributed by atoms with Gasteiger partial charge >= 0.3 is 0 Å². The Hall–Kier alpha value is -5.00. The smallest absolute Gasteiger partial charge is 0.251 e. The third-order valence-corrected chi connectivity index (χ3v) is 9.44. The molecule has 0 aliphatic heterocycles. The number of nitrogens with two attached hydrogens (primary N) is 1. The average Bonchev–Trinajstić information content (AvgIpc) is 3.69. The molecule has 8 N–H and O–H groups in total. The lowest BCUT2D eigenvalue weighted by atomic mass is 10.00. The van der Waals surface area contributed by atoms with Crippen LogP contribution in [0.5, 0.6) is 0 Å². The molecule has 0 unspecified atom stereocenters. The van der Waals surface area contributed by atoms with E-state index in [4.69, 9.17) is 20.2 Å². The van der Waals surface area contributed by atoms with Crippen molar-refractivity contribution in [1.82, 2.24) is 30.9 Å². The van der Waals surface area contributed by atoms with Crippen LogP contribution in [-0.4, -0.2) is 102 Å². The second kappa shape index (κ2) is 23.9. The Kier molecular flexibility index (Phi) is 18.8. The van der Waals surface area contributed by atoms with Gasteiger partial charge in [-0.15, -0.1) is 11.3 Å². The molecule has 0 saturated heterocycles. The summed E-state index contributed by atoms with van der Waals surface area (Å²) in [5.41, 5.74) is 9.31. The predicted molar refractivity (Wildman–Crippen MR) is 223 cm³/mol. The maximum Gasteiger partial charge on any atom is 0.251 e. The topological polar surface area (TPSA) is 215 Å². The number of nitrogens with one attached hydrogen (secondary N) is 5. The molecule has 3 amide bonds. The number of amides is 3. The lowest BCUT2D eigenvalue weighted by Crippen LogP contribution is -2.54. The maximum atomic E-state index is 12.9. The van der Waals surface area contributed by atoms with Crippen LogP contribution in [0.1, 0.15) is 55.7 Å². The van der Waals surface area contributed by atoms with Crippen molar-refractivity contribution in [3.05, 3.63) is 89.1 Å². The van der Waals surface area contributed by atoms with E-state index in [1.54, 1.807) is 18.3 Å². The Balaban J connectivity index is 1.06. The molecule has 0 aliphatic carbocycles. The Morgan fingerprint density at radius 3 is 2.21 bits per heavy atom. The summed E-state index contributed by atoms with van der Waals surface area (Å²) in [6.07, 6.45) is 0.973. The SMILES string of the molecule is CC(C)CNc1ccnc(NCc2csc(-c3ccc(C(=O)NCCOCCOCCNC(=O)[C@H](CC(C)C)NC(=O)[C@@H](O)[C@H](N)Cc4ccccc4)cc3)n2)n1. The monoisotopic (exact) mass is 803 g/mol. The normalized spacial score (nSPS) is 12.8. The molecule has 0 radical (unpaired) electrons. The molecule has 0 bridgehead atoms. The van der Waals surface area contributed by atoms with E-state index in [2.05, 4.69) is 50.4 Å². The Labute approximate surface area is 339 Å². The molecule has 4 rings (SSSR count). The predicted octanol–water partition coefficient (Wildman–Crippen LogP) is 3.62. The molecule has 0 spiro atoms. The van der Waals surface area contributed by atoms with Gasteiger partial charge < -0.3 is 46.9 Å². The number of aliphatic hydroxyl groups is 1. The van der Waals surface area contributed by atoms with Gasteiger partial charge in [-0.25, -0.2) is 9.97 Å². The van der Waals surface area contributed by atoms with Gasteiger partial charge in [0.2, 0.25) is 11.9 Å². The van der Waals surface area contributed by atoms with Gasteiger partial charge in [0.05, 0.1) is 38.7 Å². The molecular weight excluding hydrogens is 747 g/mol. The van der Waals surface area contributed by atoms with Crippen molar-refractivity contribution in [3.8, 4) is 10.6 Å². The van der Waals surface area contributed by atoms with Gasteiger partial charge in [0.1, 0.15) is 23.0 Å². The van der Waals surface area contributed by atoms with Crippen molar-refractivity contribution in [2.75, 3.05) is 56.7 Å². The first-order valence-electron chi connectivity index (χ1n) is 19.3. The van der Waals surface area contributed by atoms with Gasteiger partial charge in [-0.3, -0.25) is 14.4 Å². The fourth-order valence-electron chi connectivity index (χ4n) is 5.49. The summed E-state index contributed by atoms with van der Waals surface area (Å²) in [4.78, 5) is 51.8. The van der Waals surface area contributed by atoms with Crippen LogP contribution in [0.25, 0.3) is 10.6 Å². The number of aromatic nitrogens is 3. The van der Waals surface area contributed by atoms with Gasteiger partial charge in [-0.2, -0.15) is 4.98 Å². The minimum absolute atomic E-state index is 0.121. The van der Waals surface area contributed by atoms with Crippen LogP contribution in [0.3, 0.4) is 0 Å². The average molecular weight is 804 g/mol. The number of hydrogen-bond donors (Lipinski definition) is 7. The number of ether oxygens (including phenoxy) is 2. The number of rotatable bonds is 25. The minimum Gasteiger partial charge on any atom is -0.382 e. The van der Waals surface area contributed by atoms with Crippen LogP contribution in [0.4, 0.5) is 11.8 Å². The van der Waals surface area contributed by atoms with Crippen molar-refractivity contribution < 1.29 is 29.0 Å². The summed E-state index contributed by atoms with van der Waals surface area (Å²) >= 11 is 1.53. The molecule has 4 aromatic rings. The number of aliphatic hydroxyl groups excluding tert-OH is 1. The summed E-state index contributed by atoms with van der Waals surface area (Å²) in [5, 5.41) is 28.2. The number of carbonyl (C=O) groups excluding carboxylic acids is 3. The number of benzene rings is 2. The van der Waals surface area contributed by atoms with E-state index in [-0.39, 0.29) is 30.9 Å². The van der Waals surface area contributed by atoms with Crippen molar-refractivity contribution in [2.45, 2.75) is 65.3 Å². The Morgan fingerprint density at radius 2 is 1.53 bits per heavy atom. The van der Waals surface area contributed by atoms with Crippen LogP contribution in [-0.2, 0) is 32.0 Å². The molecule has 57 heavy (non-hydrogen) atoms. The van der Waals surface area contributed by atoms with Gasteiger partial charge in [0, 0.05) is 48.4 Å². The minimum atomic E-state index is -1.46. The third kappa shape index (κ3) is 16.2. The zero-order chi connectivity index (χ0) is 41.0. The molecule has 15 nitrogen and oxygen atoms in total. The van der Waals surface area contributed by atoms with Gasteiger partial charge in [0.25, 0.3) is 11.8 Å². The summed E-state index contributed by atoms with van der Waals surface area (Å²) in [5.74, 6) is 0.678. The van der Waals surface area contributed by atoms with Crippen LogP contribution in [0, 0.1) is 11.8 Å². The molecule has 16 heteroatoms. The fraction of sp³-hybridized carbons (Fsp3) is 0.463. The summed E-state index contributed by atoms with van der Waals surface area (Å²) in [6.45, 7) is 11.2. The molecule has 3 atom stereocenters. The van der Waals surface area contributed by atoms with E-state index in [1.807, 2.05) is 67.8 Å². The molecular formula is C41H57N9O6S. The first-order chi connectivity index (χ1) is 27.5. The number of anilines is 2. The standard InChI is InChI=1S/C41H57N9O6S/c1-27(2)22-34(49-39(54)36(51)33(42)23-29-8-6-5-7-9-29)38(53)44-17-19-56-21-20-55-18-16-43-37(52)30-10-12-31(13-11-30)40-48-32(26-57-40)25-47-41-45-15-14-35(50-41)46-24-28(3)4/h5-15,26-28,33-34,36,51H,16-25,42H2,1-4H3,(H,43,52)(H,44,53)(H,49,54)(H2,45,46,47,50)/t33-,34+,36+/m1/s1. The van der Waals surface area contributed by atoms with Gasteiger partial charge in [-0.1, -0.05) is 70.2 Å². The highest BCUT2D eigenvalue weighted by atomic mass is 32.1. The van der Waals surface area contributed by atoms with Crippen molar-refractivity contribution in [2.24, 2.45) is 17.6 Å². The largest absolute Gasteiger partial charge is 0.382 e. The summed E-state index contributed by atoms with van der Waals surface area (Å²) < 4.78 is 11.1. The molecule has 0 aliphatic rings. The first kappa shape index (κ1) is 44.7. The van der Waals surface area contributed by atoms with Crippen LogP contribution >= 0.6 is 11.3 Å². The zero-order valence-corrected chi connectivity index (χ0v) is 34.0. The van der Waals surface area contributed by atoms with E-state index in [9.17, 15) is 19.5 Å². The highest BCUT2D eigenvalue weighted by molar-refractivity contribution is 7.13.